The van der Waals surface area contributed by atoms with Crippen LogP contribution in [-0.4, -0.2) is 45.8 Å². The van der Waals surface area contributed by atoms with Crippen molar-refractivity contribution in [1.29, 1.82) is 0 Å². The zero-order chi connectivity index (χ0) is 15.5. The van der Waals surface area contributed by atoms with Crippen LogP contribution >= 0.6 is 0 Å². The molecule has 6 nitrogen and oxygen atoms in total. The molecule has 1 fully saturated rings. The van der Waals surface area contributed by atoms with E-state index in [1.54, 1.807) is 12.1 Å². The average molecular weight is 311 g/mol. The quantitative estimate of drug-likeness (QED) is 0.865. The predicted octanol–water partition coefficient (Wildman–Crippen LogP) is 0.875. The second-order valence-corrected chi connectivity index (χ2v) is 7.48. The van der Waals surface area contributed by atoms with E-state index in [1.165, 1.54) is 26.2 Å². The Morgan fingerprint density at radius 2 is 1.95 bits per heavy atom. The van der Waals surface area contributed by atoms with Crippen molar-refractivity contribution >= 4 is 21.6 Å². The minimum absolute atomic E-state index is 0.0136. The summed E-state index contributed by atoms with van der Waals surface area (Å²) < 4.78 is 25.3. The van der Waals surface area contributed by atoms with Gasteiger partial charge in [0.15, 0.2) is 0 Å². The number of carbonyl (C=O) groups is 1. The number of piperidine rings is 1. The van der Waals surface area contributed by atoms with Crippen LogP contribution < -0.4 is 10.6 Å². The summed E-state index contributed by atoms with van der Waals surface area (Å²) >= 11 is 0. The third-order valence-electron chi connectivity index (χ3n) is 3.59. The topological polar surface area (TPSA) is 78.5 Å². The van der Waals surface area contributed by atoms with Crippen LogP contribution in [0.2, 0.25) is 0 Å². The smallest absolute Gasteiger partial charge is 0.242 e. The molecule has 1 aromatic rings. The molecule has 1 heterocycles. The van der Waals surface area contributed by atoms with Crippen LogP contribution in [0.3, 0.4) is 0 Å². The molecule has 0 unspecified atom stereocenters. The molecule has 1 amide bonds. The van der Waals surface area contributed by atoms with Gasteiger partial charge < -0.3 is 10.6 Å². The molecular formula is C14H21N3O3S. The van der Waals surface area contributed by atoms with Gasteiger partial charge in [-0.3, -0.25) is 4.79 Å². The third-order valence-corrected chi connectivity index (χ3v) is 5.40. The van der Waals surface area contributed by atoms with Crippen LogP contribution in [0.5, 0.6) is 0 Å². The summed E-state index contributed by atoms with van der Waals surface area (Å²) in [5, 5.41) is 6.02. The Kier molecular flexibility index (Phi) is 4.97. The van der Waals surface area contributed by atoms with E-state index < -0.39 is 10.0 Å². The third kappa shape index (κ3) is 3.81. The minimum atomic E-state index is -3.49. The summed E-state index contributed by atoms with van der Waals surface area (Å²) in [5.74, 6) is -0.0590. The normalized spacial score (nSPS) is 16.9. The van der Waals surface area contributed by atoms with Crippen LogP contribution in [-0.2, 0) is 14.8 Å². The number of benzene rings is 1. The molecule has 0 radical (unpaired) electrons. The van der Waals surface area contributed by atoms with Crippen LogP contribution in [0.25, 0.3) is 0 Å². The Bertz CT molecular complexity index is 608. The lowest BCUT2D eigenvalue weighted by Gasteiger charge is -2.22. The lowest BCUT2D eigenvalue weighted by Crippen LogP contribution is -2.34. The Hall–Kier alpha value is -1.44. The number of carbonyl (C=O) groups excluding carboxylic acids is 1. The van der Waals surface area contributed by atoms with Gasteiger partial charge in [-0.1, -0.05) is 6.07 Å². The van der Waals surface area contributed by atoms with Crippen LogP contribution in [0, 0.1) is 5.92 Å². The zero-order valence-electron chi connectivity index (χ0n) is 12.3. The predicted molar refractivity (Wildman–Crippen MR) is 81.5 cm³/mol. The van der Waals surface area contributed by atoms with E-state index in [2.05, 4.69) is 10.6 Å². The number of anilines is 1. The number of hydrogen-bond donors (Lipinski definition) is 2. The molecule has 1 aromatic carbocycles. The lowest BCUT2D eigenvalue weighted by atomic mass is 9.97. The molecular weight excluding hydrogens is 290 g/mol. The summed E-state index contributed by atoms with van der Waals surface area (Å²) in [6.45, 7) is 1.68. The second-order valence-electron chi connectivity index (χ2n) is 5.33. The van der Waals surface area contributed by atoms with E-state index in [4.69, 9.17) is 0 Å². The number of nitrogens with zero attached hydrogens (tertiary/aromatic N) is 1. The highest BCUT2D eigenvalue weighted by Crippen LogP contribution is 2.20. The number of rotatable bonds is 4. The van der Waals surface area contributed by atoms with Gasteiger partial charge in [-0.05, 0) is 44.1 Å². The van der Waals surface area contributed by atoms with Crippen molar-refractivity contribution in [1.82, 2.24) is 9.62 Å². The minimum Gasteiger partial charge on any atom is -0.326 e. The van der Waals surface area contributed by atoms with Gasteiger partial charge in [0.1, 0.15) is 0 Å². The molecule has 0 aromatic heterocycles. The van der Waals surface area contributed by atoms with Crippen molar-refractivity contribution < 1.29 is 13.2 Å². The SMILES string of the molecule is CN(C)S(=O)(=O)c1cccc(NC(=O)C2CCNCC2)c1. The highest BCUT2D eigenvalue weighted by molar-refractivity contribution is 7.89. The number of sulfonamides is 1. The molecule has 2 N–H and O–H groups in total. The van der Waals surface area contributed by atoms with Gasteiger partial charge >= 0.3 is 0 Å². The van der Waals surface area contributed by atoms with E-state index in [0.29, 0.717) is 5.69 Å². The Balaban J connectivity index is 2.13. The van der Waals surface area contributed by atoms with Crippen molar-refractivity contribution in [2.45, 2.75) is 17.7 Å². The summed E-state index contributed by atoms with van der Waals surface area (Å²) in [6.07, 6.45) is 1.61. The second kappa shape index (κ2) is 6.55. The first-order valence-corrected chi connectivity index (χ1v) is 8.39. The van der Waals surface area contributed by atoms with Crippen LogP contribution in [0.15, 0.2) is 29.2 Å². The fourth-order valence-corrected chi connectivity index (χ4v) is 3.22. The van der Waals surface area contributed by atoms with Crippen molar-refractivity contribution in [3.8, 4) is 0 Å². The van der Waals surface area contributed by atoms with Gasteiger partial charge in [-0.25, -0.2) is 12.7 Å². The highest BCUT2D eigenvalue weighted by Gasteiger charge is 2.22. The molecule has 0 aliphatic carbocycles. The van der Waals surface area contributed by atoms with Crippen LogP contribution in [0.1, 0.15) is 12.8 Å². The molecule has 1 aliphatic rings. The maximum absolute atomic E-state index is 12.2. The van der Waals surface area contributed by atoms with E-state index in [9.17, 15) is 13.2 Å². The summed E-state index contributed by atoms with van der Waals surface area (Å²) in [5.41, 5.74) is 0.515. The first kappa shape index (κ1) is 15.9. The Morgan fingerprint density at radius 3 is 2.57 bits per heavy atom. The Labute approximate surface area is 125 Å². The highest BCUT2D eigenvalue weighted by atomic mass is 32.2. The van der Waals surface area contributed by atoms with E-state index in [-0.39, 0.29) is 16.7 Å². The molecule has 0 bridgehead atoms. The molecule has 21 heavy (non-hydrogen) atoms. The van der Waals surface area contributed by atoms with E-state index >= 15 is 0 Å². The van der Waals surface area contributed by atoms with Gasteiger partial charge in [0, 0.05) is 25.7 Å². The van der Waals surface area contributed by atoms with Crippen LogP contribution in [0.4, 0.5) is 5.69 Å². The molecule has 0 saturated carbocycles. The van der Waals surface area contributed by atoms with Crippen molar-refractivity contribution in [2.75, 3.05) is 32.5 Å². The number of amides is 1. The lowest BCUT2D eigenvalue weighted by molar-refractivity contribution is -0.120. The first-order chi connectivity index (χ1) is 9.91. The Morgan fingerprint density at radius 1 is 1.29 bits per heavy atom. The van der Waals surface area contributed by atoms with E-state index in [0.717, 1.165) is 30.2 Å². The van der Waals surface area contributed by atoms with Crippen molar-refractivity contribution in [2.24, 2.45) is 5.92 Å². The first-order valence-electron chi connectivity index (χ1n) is 6.95. The van der Waals surface area contributed by atoms with Gasteiger partial charge in [0.2, 0.25) is 15.9 Å². The van der Waals surface area contributed by atoms with Gasteiger partial charge in [0.25, 0.3) is 0 Å². The zero-order valence-corrected chi connectivity index (χ0v) is 13.1. The molecule has 1 saturated heterocycles. The summed E-state index contributed by atoms with van der Waals surface area (Å²) in [6, 6.07) is 6.35. The van der Waals surface area contributed by atoms with Crippen molar-refractivity contribution in [3.63, 3.8) is 0 Å². The fraction of sp³-hybridized carbons (Fsp3) is 0.500. The fourth-order valence-electron chi connectivity index (χ4n) is 2.27. The molecule has 1 aliphatic heterocycles. The number of hydrogen-bond acceptors (Lipinski definition) is 4. The maximum Gasteiger partial charge on any atom is 0.242 e. The standard InChI is InChI=1S/C14H21N3O3S/c1-17(2)21(19,20)13-5-3-4-12(10-13)16-14(18)11-6-8-15-9-7-11/h3-5,10-11,15H,6-9H2,1-2H3,(H,16,18). The molecule has 2 rings (SSSR count). The van der Waals surface area contributed by atoms with Gasteiger partial charge in [-0.2, -0.15) is 0 Å². The van der Waals surface area contributed by atoms with Crippen molar-refractivity contribution in [3.05, 3.63) is 24.3 Å². The maximum atomic E-state index is 12.2. The largest absolute Gasteiger partial charge is 0.326 e. The monoisotopic (exact) mass is 311 g/mol. The molecule has 116 valence electrons. The molecule has 0 atom stereocenters. The van der Waals surface area contributed by atoms with Gasteiger partial charge in [0.05, 0.1) is 4.90 Å². The summed E-state index contributed by atoms with van der Waals surface area (Å²) in [4.78, 5) is 12.3. The average Bonchev–Trinajstić information content (AvgIpc) is 2.48. The summed E-state index contributed by atoms with van der Waals surface area (Å²) in [7, 11) is -0.524. The van der Waals surface area contributed by atoms with E-state index in [1.807, 2.05) is 0 Å². The molecule has 0 spiro atoms. The number of nitrogens with one attached hydrogen (secondary N) is 2. The molecule has 7 heteroatoms. The van der Waals surface area contributed by atoms with Gasteiger partial charge in [-0.15, -0.1) is 0 Å².